The Balaban J connectivity index is 1.65. The minimum Gasteiger partial charge on any atom is -0.361 e. The number of carbonyl (C=O) groups is 1. The van der Waals surface area contributed by atoms with Gasteiger partial charge in [-0.05, 0) is 28.7 Å². The molecule has 2 N–H and O–H groups in total. The van der Waals surface area contributed by atoms with Gasteiger partial charge >= 0.3 is 0 Å². The zero-order valence-electron chi connectivity index (χ0n) is 18.7. The van der Waals surface area contributed by atoms with Gasteiger partial charge in [0.15, 0.2) is 11.9 Å². The molecule has 2 atom stereocenters. The fourth-order valence-corrected chi connectivity index (χ4v) is 4.58. The summed E-state index contributed by atoms with van der Waals surface area (Å²) in [5.74, 6) is -0.0980. The van der Waals surface area contributed by atoms with Crippen molar-refractivity contribution >= 4 is 5.91 Å². The van der Waals surface area contributed by atoms with E-state index in [0.29, 0.717) is 6.54 Å². The molecule has 3 aromatic rings. The molecule has 3 aromatic carbocycles. The van der Waals surface area contributed by atoms with Gasteiger partial charge in [-0.25, -0.2) is 0 Å². The van der Waals surface area contributed by atoms with Crippen molar-refractivity contribution in [2.45, 2.75) is 50.9 Å². The number of aliphatic hydroxyl groups excluding tert-OH is 1. The van der Waals surface area contributed by atoms with Crippen molar-refractivity contribution < 1.29 is 9.90 Å². The van der Waals surface area contributed by atoms with E-state index in [1.165, 1.54) is 12.8 Å². The van der Waals surface area contributed by atoms with Gasteiger partial charge in [-0.3, -0.25) is 10.1 Å². The van der Waals surface area contributed by atoms with Gasteiger partial charge in [0.25, 0.3) is 5.91 Å². The molecule has 1 fully saturated rings. The zero-order chi connectivity index (χ0) is 22.4. The van der Waals surface area contributed by atoms with Crippen molar-refractivity contribution in [2.24, 2.45) is 0 Å². The average Bonchev–Trinajstić information content (AvgIpc) is 3.10. The van der Waals surface area contributed by atoms with Crippen molar-refractivity contribution in [1.29, 1.82) is 0 Å². The first kappa shape index (κ1) is 22.3. The van der Waals surface area contributed by atoms with E-state index in [9.17, 15) is 9.90 Å². The Bertz CT molecular complexity index is 1000. The van der Waals surface area contributed by atoms with Crippen LogP contribution in [-0.2, 0) is 10.3 Å². The number of hydrogen-bond donors (Lipinski definition) is 2. The molecule has 4 heteroatoms. The van der Waals surface area contributed by atoms with Crippen LogP contribution in [0.4, 0.5) is 0 Å². The first-order valence-corrected chi connectivity index (χ1v) is 11.6. The van der Waals surface area contributed by atoms with E-state index in [-0.39, 0.29) is 5.91 Å². The first-order chi connectivity index (χ1) is 15.7. The smallest absolute Gasteiger partial charge is 0.255 e. The number of carbonyl (C=O) groups excluding carboxylic acids is 1. The van der Waals surface area contributed by atoms with Gasteiger partial charge < -0.3 is 10.0 Å². The van der Waals surface area contributed by atoms with E-state index in [0.717, 1.165) is 41.5 Å². The van der Waals surface area contributed by atoms with Crippen LogP contribution in [0.2, 0.25) is 0 Å². The molecule has 32 heavy (non-hydrogen) atoms. The van der Waals surface area contributed by atoms with Gasteiger partial charge in [0.05, 0.1) is 0 Å². The Hall–Kier alpha value is -2.95. The molecule has 166 valence electrons. The molecule has 0 aliphatic carbocycles. The lowest BCUT2D eigenvalue weighted by Gasteiger charge is -2.28. The third kappa shape index (κ3) is 4.34. The summed E-state index contributed by atoms with van der Waals surface area (Å²) in [7, 11) is 0. The predicted molar refractivity (Wildman–Crippen MR) is 129 cm³/mol. The van der Waals surface area contributed by atoms with Gasteiger partial charge in [-0.15, -0.1) is 0 Å². The van der Waals surface area contributed by atoms with Crippen LogP contribution < -0.4 is 5.32 Å². The highest BCUT2D eigenvalue weighted by molar-refractivity contribution is 5.94. The third-order valence-corrected chi connectivity index (χ3v) is 6.36. The lowest BCUT2D eigenvalue weighted by molar-refractivity contribution is -0.136. The lowest BCUT2D eigenvalue weighted by atomic mass is 9.82. The summed E-state index contributed by atoms with van der Waals surface area (Å²) in [5, 5.41) is 14.1. The van der Waals surface area contributed by atoms with E-state index in [2.05, 4.69) is 24.4 Å². The monoisotopic (exact) mass is 428 g/mol. The number of aliphatic hydroxyl groups is 1. The molecule has 1 amide bonds. The molecule has 0 spiro atoms. The maximum atomic E-state index is 13.8. The number of unbranched alkanes of at least 4 members (excludes halogenated alkanes) is 4. The molecule has 0 bridgehead atoms. The molecule has 1 unspecified atom stereocenters. The molecule has 0 aromatic heterocycles. The van der Waals surface area contributed by atoms with Gasteiger partial charge in [0, 0.05) is 6.54 Å². The summed E-state index contributed by atoms with van der Waals surface area (Å²) >= 11 is 0. The maximum Gasteiger partial charge on any atom is 0.255 e. The number of nitrogens with one attached hydrogen (secondary N) is 1. The highest BCUT2D eigenvalue weighted by atomic mass is 16.3. The number of hydrogen-bond acceptors (Lipinski definition) is 3. The summed E-state index contributed by atoms with van der Waals surface area (Å²) in [4.78, 5) is 15.4. The Labute approximate surface area is 190 Å². The lowest BCUT2D eigenvalue weighted by Crippen LogP contribution is -2.45. The Morgan fingerprint density at radius 3 is 2.00 bits per heavy atom. The van der Waals surface area contributed by atoms with Gasteiger partial charge in [-0.2, -0.15) is 0 Å². The van der Waals surface area contributed by atoms with E-state index in [1.54, 1.807) is 4.90 Å². The molecule has 1 aliphatic rings. The van der Waals surface area contributed by atoms with Crippen LogP contribution in [0, 0.1) is 0 Å². The largest absolute Gasteiger partial charge is 0.361 e. The molecule has 1 saturated heterocycles. The van der Waals surface area contributed by atoms with Crippen molar-refractivity contribution in [3.05, 3.63) is 96.1 Å². The summed E-state index contributed by atoms with van der Waals surface area (Å²) in [6, 6.07) is 28.0. The molecule has 0 radical (unpaired) electrons. The standard InChI is InChI=1S/C28H32N2O2/c1-2-3-4-5-12-21-30-26(31)28(29-27(30)32,24-15-10-7-11-16-24)25-19-17-23(18-20-25)22-13-8-6-9-14-22/h6-11,13-20,27,29,32H,2-5,12,21H2,1H3/t27?,28-/m1/s1. The summed E-state index contributed by atoms with van der Waals surface area (Å²) in [6.07, 6.45) is 4.49. The Kier molecular flexibility index (Phi) is 7.03. The second kappa shape index (κ2) is 10.1. The van der Waals surface area contributed by atoms with Crippen LogP contribution in [0.15, 0.2) is 84.9 Å². The number of amides is 1. The van der Waals surface area contributed by atoms with Crippen molar-refractivity contribution in [1.82, 2.24) is 10.2 Å². The SMILES string of the molecule is CCCCCCCN1C(=O)[C@@](c2ccccc2)(c2ccc(-c3ccccc3)cc2)NC1O. The van der Waals surface area contributed by atoms with Crippen molar-refractivity contribution in [3.63, 3.8) is 0 Å². The zero-order valence-corrected chi connectivity index (χ0v) is 18.7. The number of nitrogens with zero attached hydrogens (tertiary/aromatic N) is 1. The molecule has 1 aliphatic heterocycles. The fraction of sp³-hybridized carbons (Fsp3) is 0.321. The van der Waals surface area contributed by atoms with Gasteiger partial charge in [0.2, 0.25) is 0 Å². The minimum atomic E-state index is -1.10. The first-order valence-electron chi connectivity index (χ1n) is 11.6. The van der Waals surface area contributed by atoms with Crippen LogP contribution in [0.3, 0.4) is 0 Å². The predicted octanol–water partition coefficient (Wildman–Crippen LogP) is 5.28. The third-order valence-electron chi connectivity index (χ3n) is 6.36. The van der Waals surface area contributed by atoms with Crippen molar-refractivity contribution in [2.75, 3.05) is 6.54 Å². The summed E-state index contributed by atoms with van der Waals surface area (Å²) in [5.41, 5.74) is 2.80. The second-order valence-electron chi connectivity index (χ2n) is 8.49. The quantitative estimate of drug-likeness (QED) is 0.456. The van der Waals surface area contributed by atoms with Crippen molar-refractivity contribution in [3.8, 4) is 11.1 Å². The normalized spacial score (nSPS) is 20.6. The molecular weight excluding hydrogens is 396 g/mol. The summed E-state index contributed by atoms with van der Waals surface area (Å²) < 4.78 is 0. The molecule has 0 saturated carbocycles. The molecule has 4 rings (SSSR count). The topological polar surface area (TPSA) is 52.6 Å². The van der Waals surface area contributed by atoms with E-state index >= 15 is 0 Å². The Morgan fingerprint density at radius 1 is 0.781 bits per heavy atom. The van der Waals surface area contributed by atoms with Crippen LogP contribution in [-0.4, -0.2) is 28.8 Å². The average molecular weight is 429 g/mol. The maximum absolute atomic E-state index is 13.8. The fourth-order valence-electron chi connectivity index (χ4n) is 4.58. The van der Waals surface area contributed by atoms with Crippen LogP contribution in [0.5, 0.6) is 0 Å². The van der Waals surface area contributed by atoms with Crippen LogP contribution >= 0.6 is 0 Å². The number of rotatable bonds is 9. The van der Waals surface area contributed by atoms with E-state index in [1.807, 2.05) is 72.8 Å². The minimum absolute atomic E-state index is 0.0980. The number of benzene rings is 3. The van der Waals surface area contributed by atoms with Gasteiger partial charge in [0.1, 0.15) is 0 Å². The van der Waals surface area contributed by atoms with Gasteiger partial charge in [-0.1, -0.05) is 118 Å². The van der Waals surface area contributed by atoms with Crippen LogP contribution in [0.25, 0.3) is 11.1 Å². The molecule has 1 heterocycles. The molecular formula is C28H32N2O2. The summed E-state index contributed by atoms with van der Waals surface area (Å²) in [6.45, 7) is 2.74. The second-order valence-corrected chi connectivity index (χ2v) is 8.49. The van der Waals surface area contributed by atoms with E-state index < -0.39 is 11.9 Å². The van der Waals surface area contributed by atoms with Crippen LogP contribution in [0.1, 0.15) is 50.2 Å². The van der Waals surface area contributed by atoms with E-state index in [4.69, 9.17) is 0 Å². The highest BCUT2D eigenvalue weighted by Gasteiger charge is 2.53. The molecule has 4 nitrogen and oxygen atoms in total. The Morgan fingerprint density at radius 2 is 1.34 bits per heavy atom. The highest BCUT2D eigenvalue weighted by Crippen LogP contribution is 2.38.